The van der Waals surface area contributed by atoms with E-state index in [1.807, 2.05) is 12.1 Å². The summed E-state index contributed by atoms with van der Waals surface area (Å²) in [6, 6.07) is 16.9. The van der Waals surface area contributed by atoms with E-state index in [0.717, 1.165) is 44.7 Å². The Hall–Kier alpha value is -1.08. The number of aliphatic hydroxyl groups excluding tert-OH is 1. The molecule has 5 nitrogen and oxygen atoms in total. The van der Waals surface area contributed by atoms with Gasteiger partial charge in [-0.25, -0.2) is 4.98 Å². The quantitative estimate of drug-likeness (QED) is 0.540. The molecule has 28 heavy (non-hydrogen) atoms. The van der Waals surface area contributed by atoms with Crippen molar-refractivity contribution in [3.05, 3.63) is 59.8 Å². The van der Waals surface area contributed by atoms with E-state index in [9.17, 15) is 0 Å². The number of aliphatic hydroxyl groups is 1. The SMILES string of the molecule is Cl.Cl.Cl.Nc1cccc(C[C@H]2CN(Cc3ccccc3)C[C@H]2NCCCO)n1. The number of anilines is 1. The zero-order valence-electron chi connectivity index (χ0n) is 15.9. The van der Waals surface area contributed by atoms with Crippen molar-refractivity contribution in [1.82, 2.24) is 15.2 Å². The van der Waals surface area contributed by atoms with E-state index >= 15 is 0 Å². The minimum absolute atomic E-state index is 0. The first-order chi connectivity index (χ1) is 12.2. The summed E-state index contributed by atoms with van der Waals surface area (Å²) < 4.78 is 0. The van der Waals surface area contributed by atoms with Crippen LogP contribution in [0.2, 0.25) is 0 Å². The van der Waals surface area contributed by atoms with Crippen LogP contribution in [0.4, 0.5) is 5.82 Å². The number of pyridine rings is 1. The number of aromatic nitrogens is 1. The molecule has 2 aromatic rings. The zero-order valence-corrected chi connectivity index (χ0v) is 18.3. The lowest BCUT2D eigenvalue weighted by atomic mass is 9.97. The van der Waals surface area contributed by atoms with Gasteiger partial charge in [0.25, 0.3) is 0 Å². The molecule has 2 atom stereocenters. The number of nitrogen functional groups attached to an aromatic ring is 1. The summed E-state index contributed by atoms with van der Waals surface area (Å²) in [6.07, 6.45) is 1.71. The predicted molar refractivity (Wildman–Crippen MR) is 123 cm³/mol. The first-order valence-corrected chi connectivity index (χ1v) is 9.06. The van der Waals surface area contributed by atoms with Crippen LogP contribution in [0.25, 0.3) is 0 Å². The normalized spacial score (nSPS) is 18.6. The molecule has 8 heteroatoms. The number of hydrogen-bond donors (Lipinski definition) is 3. The number of benzene rings is 1. The Bertz CT molecular complexity index is 663. The van der Waals surface area contributed by atoms with Crippen LogP contribution in [-0.2, 0) is 13.0 Å². The number of rotatable bonds is 8. The molecule has 0 amide bonds. The Kier molecular flexibility index (Phi) is 13.5. The molecule has 0 radical (unpaired) electrons. The minimum atomic E-state index is 0. The molecule has 1 aromatic heterocycles. The summed E-state index contributed by atoms with van der Waals surface area (Å²) in [5.74, 6) is 1.08. The number of hydrogen-bond acceptors (Lipinski definition) is 5. The highest BCUT2D eigenvalue weighted by atomic mass is 35.5. The second-order valence-corrected chi connectivity index (χ2v) is 6.84. The van der Waals surface area contributed by atoms with Crippen molar-refractivity contribution in [2.75, 3.05) is 32.0 Å². The molecule has 1 aliphatic heterocycles. The fourth-order valence-corrected chi connectivity index (χ4v) is 3.62. The number of likely N-dealkylation sites (tertiary alicyclic amines) is 1. The Balaban J connectivity index is 0.00000243. The molecule has 0 unspecified atom stereocenters. The van der Waals surface area contributed by atoms with Gasteiger partial charge in [0.05, 0.1) is 0 Å². The van der Waals surface area contributed by atoms with Crippen LogP contribution < -0.4 is 11.1 Å². The van der Waals surface area contributed by atoms with Crippen LogP contribution in [0.1, 0.15) is 17.7 Å². The lowest BCUT2D eigenvalue weighted by Gasteiger charge is -2.19. The number of halogens is 3. The van der Waals surface area contributed by atoms with Gasteiger partial charge in [0.1, 0.15) is 5.82 Å². The summed E-state index contributed by atoms with van der Waals surface area (Å²) in [5.41, 5.74) is 8.23. The fraction of sp³-hybridized carbons (Fsp3) is 0.450. The standard InChI is InChI=1S/C20H28N4O.3ClH/c21-20-9-4-8-18(23-20)12-17-14-24(13-16-6-2-1-3-7-16)15-19(17)22-10-5-11-25;;;/h1-4,6-9,17,19,22,25H,5,10-15H2,(H2,21,23);3*1H/t17-,19+;;;/m0.../s1. The van der Waals surface area contributed by atoms with Crippen LogP contribution in [0, 0.1) is 5.92 Å². The Morgan fingerprint density at radius 1 is 1.04 bits per heavy atom. The Morgan fingerprint density at radius 3 is 2.46 bits per heavy atom. The molecular formula is C20H31Cl3N4O. The molecular weight excluding hydrogens is 419 g/mol. The van der Waals surface area contributed by atoms with E-state index in [-0.39, 0.29) is 43.8 Å². The highest BCUT2D eigenvalue weighted by molar-refractivity contribution is 5.86. The van der Waals surface area contributed by atoms with Crippen LogP contribution in [0.3, 0.4) is 0 Å². The molecule has 4 N–H and O–H groups in total. The predicted octanol–water partition coefficient (Wildman–Crippen LogP) is 2.94. The van der Waals surface area contributed by atoms with E-state index in [1.165, 1.54) is 5.56 Å². The maximum absolute atomic E-state index is 9.04. The van der Waals surface area contributed by atoms with Gasteiger partial charge >= 0.3 is 0 Å². The van der Waals surface area contributed by atoms with Crippen molar-refractivity contribution in [1.29, 1.82) is 0 Å². The summed E-state index contributed by atoms with van der Waals surface area (Å²) in [7, 11) is 0. The summed E-state index contributed by atoms with van der Waals surface area (Å²) >= 11 is 0. The van der Waals surface area contributed by atoms with Gasteiger partial charge < -0.3 is 16.2 Å². The van der Waals surface area contributed by atoms with Gasteiger partial charge in [-0.05, 0) is 43.0 Å². The molecule has 1 saturated heterocycles. The van der Waals surface area contributed by atoms with Gasteiger partial charge in [0.2, 0.25) is 0 Å². The number of nitrogens with one attached hydrogen (secondary N) is 1. The smallest absolute Gasteiger partial charge is 0.123 e. The third kappa shape index (κ3) is 8.11. The van der Waals surface area contributed by atoms with Crippen molar-refractivity contribution in [3.63, 3.8) is 0 Å². The molecule has 1 aromatic carbocycles. The first kappa shape index (κ1) is 26.9. The van der Waals surface area contributed by atoms with E-state index in [2.05, 4.69) is 51.6 Å². The second-order valence-electron chi connectivity index (χ2n) is 6.84. The van der Waals surface area contributed by atoms with Gasteiger partial charge in [0, 0.05) is 38.0 Å². The summed E-state index contributed by atoms with van der Waals surface area (Å²) in [4.78, 5) is 6.97. The maximum Gasteiger partial charge on any atom is 0.123 e. The second kappa shape index (κ2) is 14.0. The monoisotopic (exact) mass is 448 g/mol. The van der Waals surface area contributed by atoms with Crippen LogP contribution in [0.15, 0.2) is 48.5 Å². The van der Waals surface area contributed by atoms with Crippen molar-refractivity contribution < 1.29 is 5.11 Å². The topological polar surface area (TPSA) is 74.4 Å². The number of nitrogens with two attached hydrogens (primary N) is 1. The molecule has 0 bridgehead atoms. The van der Waals surface area contributed by atoms with Gasteiger partial charge in [-0.15, -0.1) is 37.2 Å². The lowest BCUT2D eigenvalue weighted by Crippen LogP contribution is -2.38. The van der Waals surface area contributed by atoms with Crippen LogP contribution in [0.5, 0.6) is 0 Å². The van der Waals surface area contributed by atoms with E-state index < -0.39 is 0 Å². The van der Waals surface area contributed by atoms with E-state index in [1.54, 1.807) is 0 Å². The Labute approximate surface area is 186 Å². The molecule has 1 aliphatic rings. The minimum Gasteiger partial charge on any atom is -0.396 e. The van der Waals surface area contributed by atoms with Gasteiger partial charge in [-0.3, -0.25) is 4.90 Å². The third-order valence-corrected chi connectivity index (χ3v) is 4.81. The maximum atomic E-state index is 9.04. The van der Waals surface area contributed by atoms with E-state index in [0.29, 0.717) is 17.8 Å². The molecule has 1 fully saturated rings. The molecule has 2 heterocycles. The average molecular weight is 450 g/mol. The van der Waals surface area contributed by atoms with Crippen LogP contribution >= 0.6 is 37.2 Å². The average Bonchev–Trinajstić information content (AvgIpc) is 2.97. The summed E-state index contributed by atoms with van der Waals surface area (Å²) in [5, 5.41) is 12.7. The third-order valence-electron chi connectivity index (χ3n) is 4.81. The first-order valence-electron chi connectivity index (χ1n) is 9.06. The van der Waals surface area contributed by atoms with Crippen LogP contribution in [-0.4, -0.2) is 47.3 Å². The largest absolute Gasteiger partial charge is 0.396 e. The Morgan fingerprint density at radius 2 is 1.79 bits per heavy atom. The molecule has 3 rings (SSSR count). The van der Waals surface area contributed by atoms with Crippen molar-refractivity contribution >= 4 is 43.0 Å². The van der Waals surface area contributed by atoms with Gasteiger partial charge in [-0.2, -0.15) is 0 Å². The zero-order chi connectivity index (χ0) is 17.5. The summed E-state index contributed by atoms with van der Waals surface area (Å²) in [6.45, 7) is 4.12. The lowest BCUT2D eigenvalue weighted by molar-refractivity contribution is 0.279. The fourth-order valence-electron chi connectivity index (χ4n) is 3.62. The van der Waals surface area contributed by atoms with E-state index in [4.69, 9.17) is 10.8 Å². The molecule has 158 valence electrons. The van der Waals surface area contributed by atoms with Crippen molar-refractivity contribution in [2.45, 2.75) is 25.4 Å². The highest BCUT2D eigenvalue weighted by Crippen LogP contribution is 2.23. The van der Waals surface area contributed by atoms with Gasteiger partial charge in [0.15, 0.2) is 0 Å². The van der Waals surface area contributed by atoms with Crippen molar-refractivity contribution in [2.24, 2.45) is 5.92 Å². The van der Waals surface area contributed by atoms with Crippen molar-refractivity contribution in [3.8, 4) is 0 Å². The molecule has 0 aliphatic carbocycles. The highest BCUT2D eigenvalue weighted by Gasteiger charge is 2.32. The van der Waals surface area contributed by atoms with Gasteiger partial charge in [-0.1, -0.05) is 36.4 Å². The number of nitrogens with zero attached hydrogens (tertiary/aromatic N) is 2. The molecule has 0 saturated carbocycles. The molecule has 0 spiro atoms.